The molecule has 0 aliphatic rings. The molecule has 0 saturated heterocycles. The number of amides is 1. The minimum atomic E-state index is -4.57. The molecule has 4 aromatic carbocycles. The van der Waals surface area contributed by atoms with Gasteiger partial charge < -0.3 is 10.1 Å². The van der Waals surface area contributed by atoms with Crippen LogP contribution in [-0.4, -0.2) is 5.91 Å². The van der Waals surface area contributed by atoms with Crippen molar-refractivity contribution >= 4 is 27.5 Å². The smallest absolute Gasteiger partial charge is 0.416 e. The number of halogens is 4. The highest BCUT2D eigenvalue weighted by molar-refractivity contribution is 9.10. The Kier molecular flexibility index (Phi) is 7.03. The highest BCUT2D eigenvalue weighted by atomic mass is 79.9. The Morgan fingerprint density at radius 3 is 2.21 bits per heavy atom. The number of para-hydroxylation sites is 1. The van der Waals surface area contributed by atoms with E-state index in [1.54, 1.807) is 36.4 Å². The molecule has 0 heterocycles. The normalized spacial score (nSPS) is 11.2. The van der Waals surface area contributed by atoms with Crippen LogP contribution in [-0.2, 0) is 12.6 Å². The summed E-state index contributed by atoms with van der Waals surface area (Å²) in [6, 6.07) is 26.6. The van der Waals surface area contributed by atoms with Crippen molar-refractivity contribution in [3.05, 3.63) is 124 Å². The predicted octanol–water partition coefficient (Wildman–Crippen LogP) is 8.10. The molecule has 34 heavy (non-hydrogen) atoms. The average Bonchev–Trinajstić information content (AvgIpc) is 2.82. The quantitative estimate of drug-likeness (QED) is 0.276. The van der Waals surface area contributed by atoms with Crippen LogP contribution in [0.2, 0.25) is 0 Å². The summed E-state index contributed by atoms with van der Waals surface area (Å²) in [6.45, 7) is 0. The zero-order valence-electron chi connectivity index (χ0n) is 17.8. The first-order chi connectivity index (χ1) is 16.3. The van der Waals surface area contributed by atoms with Crippen LogP contribution in [0.25, 0.3) is 0 Å². The first-order valence-electron chi connectivity index (χ1n) is 10.4. The third kappa shape index (κ3) is 5.85. The van der Waals surface area contributed by atoms with Gasteiger partial charge in [0.2, 0.25) is 0 Å². The number of hydrogen-bond donors (Lipinski definition) is 1. The lowest BCUT2D eigenvalue weighted by Crippen LogP contribution is -2.14. The van der Waals surface area contributed by atoms with Crippen molar-refractivity contribution in [3.63, 3.8) is 0 Å². The summed E-state index contributed by atoms with van der Waals surface area (Å²) in [7, 11) is 0. The lowest BCUT2D eigenvalue weighted by molar-refractivity contribution is -0.137. The number of ether oxygens (including phenoxy) is 1. The molecule has 0 fully saturated rings. The summed E-state index contributed by atoms with van der Waals surface area (Å²) < 4.78 is 47.0. The van der Waals surface area contributed by atoms with Gasteiger partial charge in [0.1, 0.15) is 5.75 Å². The second-order valence-corrected chi connectivity index (χ2v) is 8.46. The molecule has 0 aliphatic heterocycles. The second-order valence-electron chi connectivity index (χ2n) is 7.54. The average molecular weight is 526 g/mol. The molecule has 0 aliphatic carbocycles. The predicted molar refractivity (Wildman–Crippen MR) is 129 cm³/mol. The monoisotopic (exact) mass is 525 g/mol. The van der Waals surface area contributed by atoms with Crippen LogP contribution < -0.4 is 10.1 Å². The van der Waals surface area contributed by atoms with Crippen molar-refractivity contribution in [3.8, 4) is 11.5 Å². The Labute approximate surface area is 203 Å². The number of nitrogens with one attached hydrogen (secondary N) is 1. The van der Waals surface area contributed by atoms with E-state index in [9.17, 15) is 18.0 Å². The van der Waals surface area contributed by atoms with Crippen LogP contribution in [0.5, 0.6) is 11.5 Å². The molecule has 7 heteroatoms. The molecule has 172 valence electrons. The van der Waals surface area contributed by atoms with Crippen LogP contribution in [0.4, 0.5) is 18.9 Å². The highest BCUT2D eigenvalue weighted by Gasteiger charge is 2.31. The van der Waals surface area contributed by atoms with Crippen molar-refractivity contribution in [1.82, 2.24) is 0 Å². The fourth-order valence-corrected chi connectivity index (χ4v) is 3.64. The molecule has 4 rings (SSSR count). The Hall–Kier alpha value is -3.58. The van der Waals surface area contributed by atoms with E-state index in [2.05, 4.69) is 21.2 Å². The van der Waals surface area contributed by atoms with Gasteiger partial charge in [-0.1, -0.05) is 64.5 Å². The largest absolute Gasteiger partial charge is 0.455 e. The second kappa shape index (κ2) is 10.1. The van der Waals surface area contributed by atoms with Crippen molar-refractivity contribution in [2.24, 2.45) is 0 Å². The maximum absolute atomic E-state index is 13.4. The molecule has 0 radical (unpaired) electrons. The third-order valence-electron chi connectivity index (χ3n) is 5.09. The van der Waals surface area contributed by atoms with Gasteiger partial charge in [0.05, 0.1) is 11.3 Å². The number of benzene rings is 4. The molecule has 3 nitrogen and oxygen atoms in total. The van der Waals surface area contributed by atoms with E-state index < -0.39 is 17.6 Å². The van der Waals surface area contributed by atoms with Crippen molar-refractivity contribution in [2.75, 3.05) is 5.32 Å². The van der Waals surface area contributed by atoms with E-state index in [-0.39, 0.29) is 11.4 Å². The minimum Gasteiger partial charge on any atom is -0.455 e. The highest BCUT2D eigenvalue weighted by Crippen LogP contribution is 2.38. The maximum Gasteiger partial charge on any atom is 0.416 e. The van der Waals surface area contributed by atoms with Gasteiger partial charge in [-0.2, -0.15) is 13.2 Å². The number of alkyl halides is 3. The van der Waals surface area contributed by atoms with E-state index in [4.69, 9.17) is 4.74 Å². The van der Waals surface area contributed by atoms with Gasteiger partial charge in [-0.05, 0) is 59.7 Å². The number of hydrogen-bond acceptors (Lipinski definition) is 2. The van der Waals surface area contributed by atoms with Crippen LogP contribution in [0, 0.1) is 0 Å². The first-order valence-corrected chi connectivity index (χ1v) is 11.2. The molecule has 1 N–H and O–H groups in total. The van der Waals surface area contributed by atoms with Crippen LogP contribution in [0.1, 0.15) is 27.0 Å². The molecule has 0 atom stereocenters. The van der Waals surface area contributed by atoms with Crippen molar-refractivity contribution in [2.45, 2.75) is 12.6 Å². The van der Waals surface area contributed by atoms with Gasteiger partial charge in [-0.15, -0.1) is 0 Å². The lowest BCUT2D eigenvalue weighted by atomic mass is 10.0. The van der Waals surface area contributed by atoms with Gasteiger partial charge in [-0.3, -0.25) is 4.79 Å². The Bertz CT molecular complexity index is 1290. The Morgan fingerprint density at radius 1 is 0.824 bits per heavy atom. The molecule has 0 spiro atoms. The number of carbonyl (C=O) groups is 1. The van der Waals surface area contributed by atoms with Gasteiger partial charge in [-0.25, -0.2) is 0 Å². The minimum absolute atomic E-state index is 0.0720. The molecular formula is C27H19BrF3NO2. The summed E-state index contributed by atoms with van der Waals surface area (Å²) in [6.07, 6.45) is -3.99. The van der Waals surface area contributed by atoms with Gasteiger partial charge >= 0.3 is 6.18 Å². The van der Waals surface area contributed by atoms with Crippen LogP contribution in [0.15, 0.2) is 102 Å². The van der Waals surface area contributed by atoms with Gasteiger partial charge in [0.25, 0.3) is 5.91 Å². The summed E-state index contributed by atoms with van der Waals surface area (Å²) in [4.78, 5) is 12.7. The molecule has 0 saturated carbocycles. The topological polar surface area (TPSA) is 38.3 Å². The molecule has 0 aromatic heterocycles. The Morgan fingerprint density at radius 2 is 1.50 bits per heavy atom. The molecule has 4 aromatic rings. The number of rotatable bonds is 6. The van der Waals surface area contributed by atoms with E-state index in [0.29, 0.717) is 17.7 Å². The summed E-state index contributed by atoms with van der Waals surface area (Å²) in [5.74, 6) is 0.0541. The number of anilines is 1. The molecule has 0 unspecified atom stereocenters. The van der Waals surface area contributed by atoms with Crippen molar-refractivity contribution < 1.29 is 22.7 Å². The first kappa shape index (κ1) is 23.6. The molecule has 0 bridgehead atoms. The van der Waals surface area contributed by atoms with Crippen LogP contribution >= 0.6 is 15.9 Å². The third-order valence-corrected chi connectivity index (χ3v) is 5.62. The number of carbonyl (C=O) groups excluding carboxylic acids is 1. The van der Waals surface area contributed by atoms with Gasteiger partial charge in [0, 0.05) is 16.5 Å². The maximum atomic E-state index is 13.4. The van der Waals surface area contributed by atoms with E-state index in [0.717, 1.165) is 27.7 Å². The summed E-state index contributed by atoms with van der Waals surface area (Å²) >= 11 is 3.30. The van der Waals surface area contributed by atoms with Crippen LogP contribution in [0.3, 0.4) is 0 Å². The van der Waals surface area contributed by atoms with Crippen molar-refractivity contribution in [1.29, 1.82) is 0 Å². The zero-order valence-corrected chi connectivity index (χ0v) is 19.4. The summed E-state index contributed by atoms with van der Waals surface area (Å²) in [5, 5.41) is 2.57. The fraction of sp³-hybridized carbons (Fsp3) is 0.0741. The van der Waals surface area contributed by atoms with E-state index >= 15 is 0 Å². The molecular weight excluding hydrogens is 507 g/mol. The Balaban J connectivity index is 1.67. The summed E-state index contributed by atoms with van der Waals surface area (Å²) in [5.41, 5.74) is 1.27. The lowest BCUT2D eigenvalue weighted by Gasteiger charge is -2.17. The van der Waals surface area contributed by atoms with Gasteiger partial charge in [0.15, 0.2) is 5.75 Å². The van der Waals surface area contributed by atoms with E-state index in [1.165, 1.54) is 6.07 Å². The zero-order chi connectivity index (χ0) is 24.1. The van der Waals surface area contributed by atoms with E-state index in [1.807, 2.05) is 42.5 Å². The molecule has 1 amide bonds. The fourth-order valence-electron chi connectivity index (χ4n) is 3.37. The standard InChI is InChI=1S/C27H19BrF3NO2/c28-22-13-10-19(11-14-22)26(33)32-23-17-21(27(29,30)31)12-15-25(23)34-24-9-5-4-8-20(24)16-18-6-2-1-3-7-18/h1-15,17H,16H2,(H,32,33). The SMILES string of the molecule is O=C(Nc1cc(C(F)(F)F)ccc1Oc1ccccc1Cc1ccccc1)c1ccc(Br)cc1.